The fourth-order valence-corrected chi connectivity index (χ4v) is 8.21. The first-order chi connectivity index (χ1) is 21.9. The van der Waals surface area contributed by atoms with Gasteiger partial charge in [0.1, 0.15) is 12.4 Å². The van der Waals surface area contributed by atoms with Crippen LogP contribution in [0.15, 0.2) is 41.8 Å². The third-order valence-corrected chi connectivity index (χ3v) is 10.9. The summed E-state index contributed by atoms with van der Waals surface area (Å²) < 4.78 is 6.35. The topological polar surface area (TPSA) is 110 Å². The summed E-state index contributed by atoms with van der Waals surface area (Å²) in [6.07, 6.45) is 4.02. The van der Waals surface area contributed by atoms with Gasteiger partial charge in [-0.25, -0.2) is 4.98 Å². The minimum atomic E-state index is -0.658. The number of thiazole rings is 1. The molecule has 1 amide bonds. The maximum Gasteiger partial charge on any atom is 0.307 e. The predicted molar refractivity (Wildman–Crippen MR) is 172 cm³/mol. The molecule has 3 heterocycles. The van der Waals surface area contributed by atoms with Crippen molar-refractivity contribution < 1.29 is 19.4 Å². The molecule has 3 atom stereocenters. The number of carbonyl (C=O) groups excluding carboxylic acids is 1. The van der Waals surface area contributed by atoms with E-state index in [4.69, 9.17) is 9.72 Å². The van der Waals surface area contributed by atoms with E-state index in [1.54, 1.807) is 11.3 Å². The molecule has 0 spiro atoms. The minimum absolute atomic E-state index is 0.181. The molecule has 2 aliphatic heterocycles. The smallest absolute Gasteiger partial charge is 0.307 e. The Hall–Kier alpha value is -3.94. The number of hydrogen-bond acceptors (Lipinski definition) is 8. The molecule has 2 aliphatic carbocycles. The molecule has 1 N–H and O–H groups in total. The van der Waals surface area contributed by atoms with Gasteiger partial charge in [0, 0.05) is 68.2 Å². The quantitative estimate of drug-likeness (QED) is 0.347. The third kappa shape index (κ3) is 6.29. The van der Waals surface area contributed by atoms with Crippen LogP contribution < -0.4 is 9.64 Å². The minimum Gasteiger partial charge on any atom is -0.488 e. The molecule has 2 bridgehead atoms. The van der Waals surface area contributed by atoms with Gasteiger partial charge in [0.25, 0.3) is 0 Å². The van der Waals surface area contributed by atoms with Crippen LogP contribution >= 0.6 is 11.3 Å². The number of carboxylic acid groups (broad SMARTS) is 1. The number of rotatable bonds is 9. The van der Waals surface area contributed by atoms with Crippen LogP contribution in [-0.2, 0) is 22.7 Å². The van der Waals surface area contributed by atoms with Crippen molar-refractivity contribution in [1.82, 2.24) is 14.8 Å². The maximum absolute atomic E-state index is 12.4. The largest absolute Gasteiger partial charge is 0.488 e. The fraction of sp³-hybridized carbons (Fsp3) is 0.486. The van der Waals surface area contributed by atoms with Gasteiger partial charge in [-0.1, -0.05) is 23.8 Å². The molecule has 4 aliphatic rings. The Morgan fingerprint density at radius 2 is 1.80 bits per heavy atom. The van der Waals surface area contributed by atoms with E-state index >= 15 is 0 Å². The zero-order valence-corrected chi connectivity index (χ0v) is 26.5. The Kier molecular flexibility index (Phi) is 8.23. The zero-order chi connectivity index (χ0) is 31.1. The van der Waals surface area contributed by atoms with Crippen LogP contribution in [0.4, 0.5) is 5.13 Å². The van der Waals surface area contributed by atoms with Gasteiger partial charge in [-0.2, -0.15) is 5.26 Å². The first-order valence-electron chi connectivity index (χ1n) is 16.1. The van der Waals surface area contributed by atoms with Crippen molar-refractivity contribution in [3.8, 4) is 23.1 Å². The Bertz CT molecular complexity index is 1620. The van der Waals surface area contributed by atoms with E-state index in [1.165, 1.54) is 0 Å². The zero-order valence-electron chi connectivity index (χ0n) is 25.7. The van der Waals surface area contributed by atoms with E-state index in [0.717, 1.165) is 105 Å². The number of benzene rings is 2. The van der Waals surface area contributed by atoms with Crippen LogP contribution in [0.1, 0.15) is 47.9 Å². The van der Waals surface area contributed by atoms with Gasteiger partial charge < -0.3 is 19.6 Å². The summed E-state index contributed by atoms with van der Waals surface area (Å²) in [5.74, 6) is 0.776. The number of aliphatic carboxylic acids is 1. The predicted octanol–water partition coefficient (Wildman–Crippen LogP) is 5.17. The molecule has 9 nitrogen and oxygen atoms in total. The van der Waals surface area contributed by atoms with Gasteiger partial charge in [0.05, 0.1) is 23.2 Å². The number of carboxylic acids is 1. The van der Waals surface area contributed by atoms with E-state index in [1.807, 2.05) is 36.1 Å². The second-order valence-corrected chi connectivity index (χ2v) is 14.0. The summed E-state index contributed by atoms with van der Waals surface area (Å²) >= 11 is 1.59. The van der Waals surface area contributed by atoms with E-state index in [9.17, 15) is 20.0 Å². The average molecular weight is 626 g/mol. The van der Waals surface area contributed by atoms with Crippen molar-refractivity contribution in [3.05, 3.63) is 64.0 Å². The summed E-state index contributed by atoms with van der Waals surface area (Å²) in [6, 6.07) is 14.5. The van der Waals surface area contributed by atoms with Crippen molar-refractivity contribution >= 4 is 28.3 Å². The highest BCUT2D eigenvalue weighted by molar-refractivity contribution is 7.14. The molecule has 0 radical (unpaired) electrons. The first kappa shape index (κ1) is 29.8. The van der Waals surface area contributed by atoms with Crippen LogP contribution in [0.2, 0.25) is 0 Å². The summed E-state index contributed by atoms with van der Waals surface area (Å²) in [7, 11) is 0. The van der Waals surface area contributed by atoms with Crippen LogP contribution in [-0.4, -0.2) is 71.0 Å². The number of hydrogen-bond donors (Lipinski definition) is 1. The molecule has 2 aromatic carbocycles. The molecule has 0 unspecified atom stereocenters. The van der Waals surface area contributed by atoms with Gasteiger partial charge >= 0.3 is 5.97 Å². The molecule has 10 heteroatoms. The van der Waals surface area contributed by atoms with Crippen LogP contribution in [0.5, 0.6) is 5.75 Å². The first-order valence-corrected chi connectivity index (χ1v) is 16.9. The molecule has 2 saturated carbocycles. The van der Waals surface area contributed by atoms with Crippen molar-refractivity contribution in [3.63, 3.8) is 0 Å². The lowest BCUT2D eigenvalue weighted by Crippen LogP contribution is -2.48. The van der Waals surface area contributed by atoms with Gasteiger partial charge in [-0.3, -0.25) is 14.5 Å². The number of carbonyl (C=O) groups is 2. The summed E-state index contributed by atoms with van der Waals surface area (Å²) in [4.78, 5) is 35.8. The van der Waals surface area contributed by atoms with E-state index < -0.39 is 5.97 Å². The fourth-order valence-electron chi connectivity index (χ4n) is 7.37. The van der Waals surface area contributed by atoms with Crippen LogP contribution in [0, 0.1) is 41.9 Å². The number of nitriles is 1. The van der Waals surface area contributed by atoms with Gasteiger partial charge in [-0.05, 0) is 68.2 Å². The number of nitrogens with zero attached hydrogens (tertiary/aromatic N) is 5. The third-order valence-electron chi connectivity index (χ3n) is 9.99. The molecule has 45 heavy (non-hydrogen) atoms. The Morgan fingerprint density at radius 3 is 2.49 bits per heavy atom. The van der Waals surface area contributed by atoms with E-state index in [0.29, 0.717) is 17.2 Å². The molecule has 1 aromatic heterocycles. The molecule has 7 rings (SSSR count). The number of amides is 1. The maximum atomic E-state index is 12.4. The second kappa shape index (κ2) is 12.5. The van der Waals surface area contributed by atoms with E-state index in [-0.39, 0.29) is 30.3 Å². The lowest BCUT2D eigenvalue weighted by atomic mass is 9.85. The van der Waals surface area contributed by atoms with Crippen molar-refractivity contribution in [2.24, 2.45) is 23.7 Å². The number of ether oxygens (including phenoxy) is 1. The Labute approximate surface area is 268 Å². The highest BCUT2D eigenvalue weighted by atomic mass is 32.1. The number of aryl methyl sites for hydroxylation is 1. The number of fused-ring (bicyclic) bond motifs is 2. The van der Waals surface area contributed by atoms with Gasteiger partial charge in [0.15, 0.2) is 5.13 Å². The SMILES string of the molecule is Cc1ccc(OCc2ccc(CN3CCN(C(=O)C4CC4)CC3)cc2C#N)c(-c2csc(N3C[C@H]4CC[C@@H](C3)[C@H]4C(=O)O)n2)c1. The lowest BCUT2D eigenvalue weighted by Gasteiger charge is -2.35. The highest BCUT2D eigenvalue weighted by Crippen LogP contribution is 2.44. The van der Waals surface area contributed by atoms with Crippen molar-refractivity contribution in [2.45, 2.75) is 45.8 Å². The lowest BCUT2D eigenvalue weighted by molar-refractivity contribution is -0.144. The normalized spacial score (nSPS) is 23.2. The monoisotopic (exact) mass is 625 g/mol. The number of anilines is 1. The second-order valence-electron chi connectivity index (χ2n) is 13.1. The summed E-state index contributed by atoms with van der Waals surface area (Å²) in [6.45, 7) is 7.79. The number of piperidine rings is 1. The highest BCUT2D eigenvalue weighted by Gasteiger charge is 2.46. The average Bonchev–Trinajstić information content (AvgIpc) is 3.71. The van der Waals surface area contributed by atoms with Crippen molar-refractivity contribution in [1.29, 1.82) is 5.26 Å². The Balaban J connectivity index is 1.00. The molecule has 4 fully saturated rings. The number of piperazine rings is 1. The molecular formula is C35H39N5O4S. The van der Waals surface area contributed by atoms with Gasteiger partial charge in [-0.15, -0.1) is 11.3 Å². The molecular weight excluding hydrogens is 586 g/mol. The molecule has 2 saturated heterocycles. The summed E-state index contributed by atoms with van der Waals surface area (Å²) in [5.41, 5.74) is 5.39. The number of aromatic nitrogens is 1. The summed E-state index contributed by atoms with van der Waals surface area (Å²) in [5, 5.41) is 22.7. The molecule has 3 aromatic rings. The molecule has 234 valence electrons. The van der Waals surface area contributed by atoms with Crippen molar-refractivity contribution in [2.75, 3.05) is 44.2 Å². The Morgan fingerprint density at radius 1 is 1.04 bits per heavy atom. The van der Waals surface area contributed by atoms with Crippen LogP contribution in [0.25, 0.3) is 11.3 Å². The van der Waals surface area contributed by atoms with Crippen LogP contribution in [0.3, 0.4) is 0 Å². The standard InChI is InChI=1S/C35H39N5O4S/c1-22-2-9-31(29(14-22)30-21-45-35(37-30)40-18-25-7-8-26(19-40)32(25)34(42)43)44-20-27-4-3-23(15-28(27)16-36)17-38-10-12-39(13-11-38)33(41)24-5-6-24/h2-4,9,14-15,21,24-26,32H,5-8,10-13,17-20H2,1H3,(H,42,43)/t25-,26+,32+. The van der Waals surface area contributed by atoms with E-state index in [2.05, 4.69) is 33.4 Å². The van der Waals surface area contributed by atoms with Gasteiger partial charge in [0.2, 0.25) is 5.91 Å².